The number of nitro groups is 1. The van der Waals surface area contributed by atoms with E-state index < -0.39 is 4.92 Å². The number of thioether (sulfide) groups is 1. The SMILES string of the molecule is CCSCCC(C)Nc1nc(NC)nc(C)c1[N+](=O)[O-]. The molecule has 1 aromatic heterocycles. The van der Waals surface area contributed by atoms with E-state index in [4.69, 9.17) is 0 Å². The van der Waals surface area contributed by atoms with Crippen molar-refractivity contribution in [1.82, 2.24) is 9.97 Å². The Kier molecular flexibility index (Phi) is 6.50. The van der Waals surface area contributed by atoms with E-state index in [1.54, 1.807) is 14.0 Å². The number of aryl methyl sites for hydroxylation is 1. The highest BCUT2D eigenvalue weighted by Gasteiger charge is 2.22. The van der Waals surface area contributed by atoms with Crippen LogP contribution in [0, 0.1) is 17.0 Å². The minimum atomic E-state index is -0.440. The number of aromatic nitrogens is 2. The maximum Gasteiger partial charge on any atom is 0.332 e. The zero-order valence-electron chi connectivity index (χ0n) is 12.3. The van der Waals surface area contributed by atoms with Gasteiger partial charge in [0.15, 0.2) is 0 Å². The molecule has 0 aliphatic heterocycles. The zero-order chi connectivity index (χ0) is 15.1. The highest BCUT2D eigenvalue weighted by Crippen LogP contribution is 2.27. The Morgan fingerprint density at radius 1 is 1.45 bits per heavy atom. The first-order chi connectivity index (χ1) is 9.49. The van der Waals surface area contributed by atoms with Gasteiger partial charge in [0.2, 0.25) is 11.8 Å². The molecule has 20 heavy (non-hydrogen) atoms. The average molecular weight is 299 g/mol. The van der Waals surface area contributed by atoms with Crippen LogP contribution in [0.25, 0.3) is 0 Å². The summed E-state index contributed by atoms with van der Waals surface area (Å²) in [5.74, 6) is 2.75. The molecule has 2 N–H and O–H groups in total. The van der Waals surface area contributed by atoms with Crippen molar-refractivity contribution in [1.29, 1.82) is 0 Å². The number of hydrogen-bond acceptors (Lipinski definition) is 7. The van der Waals surface area contributed by atoms with Crippen LogP contribution in [-0.2, 0) is 0 Å². The molecule has 0 fully saturated rings. The number of nitrogens with zero attached hydrogens (tertiary/aromatic N) is 3. The molecular weight excluding hydrogens is 278 g/mol. The molecule has 0 saturated heterocycles. The van der Waals surface area contributed by atoms with Gasteiger partial charge in [-0.3, -0.25) is 10.1 Å². The van der Waals surface area contributed by atoms with Crippen molar-refractivity contribution < 1.29 is 4.92 Å². The molecule has 0 aliphatic rings. The Labute approximate surface area is 123 Å². The Hall–Kier alpha value is -1.57. The Morgan fingerprint density at radius 2 is 2.15 bits per heavy atom. The molecule has 0 aromatic carbocycles. The van der Waals surface area contributed by atoms with Gasteiger partial charge in [-0.2, -0.15) is 16.7 Å². The fraction of sp³-hybridized carbons (Fsp3) is 0.667. The van der Waals surface area contributed by atoms with Gasteiger partial charge in [-0.05, 0) is 31.8 Å². The summed E-state index contributed by atoms with van der Waals surface area (Å²) in [6.45, 7) is 5.72. The van der Waals surface area contributed by atoms with E-state index in [0.717, 1.165) is 17.9 Å². The lowest BCUT2D eigenvalue weighted by atomic mass is 10.2. The molecule has 1 unspecified atom stereocenters. The first-order valence-corrected chi connectivity index (χ1v) is 7.70. The van der Waals surface area contributed by atoms with Crippen molar-refractivity contribution in [3.8, 4) is 0 Å². The molecule has 0 aliphatic carbocycles. The lowest BCUT2D eigenvalue weighted by molar-refractivity contribution is -0.385. The summed E-state index contributed by atoms with van der Waals surface area (Å²) in [4.78, 5) is 18.9. The van der Waals surface area contributed by atoms with Crippen LogP contribution in [-0.4, -0.2) is 39.5 Å². The van der Waals surface area contributed by atoms with Gasteiger partial charge in [-0.15, -0.1) is 0 Å². The molecule has 1 rings (SSSR count). The van der Waals surface area contributed by atoms with E-state index in [1.165, 1.54) is 0 Å². The predicted octanol–water partition coefficient (Wildman–Crippen LogP) is 2.68. The third kappa shape index (κ3) is 4.52. The summed E-state index contributed by atoms with van der Waals surface area (Å²) in [5, 5.41) is 17.1. The molecule has 1 atom stereocenters. The molecule has 1 aromatic rings. The molecule has 112 valence electrons. The van der Waals surface area contributed by atoms with Crippen LogP contribution in [0.5, 0.6) is 0 Å². The molecule has 7 nitrogen and oxygen atoms in total. The Balaban J connectivity index is 2.91. The topological polar surface area (TPSA) is 93.0 Å². The van der Waals surface area contributed by atoms with Gasteiger partial charge in [0.25, 0.3) is 0 Å². The minimum absolute atomic E-state index is 0.0565. The maximum atomic E-state index is 11.1. The molecule has 0 saturated carbocycles. The van der Waals surface area contributed by atoms with Gasteiger partial charge < -0.3 is 10.6 Å². The molecule has 0 amide bonds. The van der Waals surface area contributed by atoms with Crippen LogP contribution in [0.3, 0.4) is 0 Å². The van der Waals surface area contributed by atoms with Gasteiger partial charge >= 0.3 is 5.69 Å². The molecule has 8 heteroatoms. The standard InChI is InChI=1S/C12H21N5O2S/c1-5-20-7-6-8(2)14-11-10(17(18)19)9(3)15-12(13-4)16-11/h8H,5-7H2,1-4H3,(H2,13,14,15,16). The van der Waals surface area contributed by atoms with E-state index >= 15 is 0 Å². The Morgan fingerprint density at radius 3 is 2.70 bits per heavy atom. The molecular formula is C12H21N5O2S. The molecule has 1 heterocycles. The smallest absolute Gasteiger partial charge is 0.332 e. The maximum absolute atomic E-state index is 11.1. The summed E-state index contributed by atoms with van der Waals surface area (Å²) in [5.41, 5.74) is 0.297. The van der Waals surface area contributed by atoms with E-state index in [2.05, 4.69) is 27.5 Å². The first kappa shape index (κ1) is 16.5. The van der Waals surface area contributed by atoms with Crippen LogP contribution in [0.1, 0.15) is 26.0 Å². The highest BCUT2D eigenvalue weighted by molar-refractivity contribution is 7.99. The lowest BCUT2D eigenvalue weighted by Crippen LogP contribution is -2.19. The second kappa shape index (κ2) is 7.88. The minimum Gasteiger partial charge on any atom is -0.362 e. The monoisotopic (exact) mass is 299 g/mol. The average Bonchev–Trinajstić information content (AvgIpc) is 2.37. The van der Waals surface area contributed by atoms with E-state index in [1.807, 2.05) is 18.7 Å². The largest absolute Gasteiger partial charge is 0.362 e. The number of nitrogens with one attached hydrogen (secondary N) is 2. The van der Waals surface area contributed by atoms with Gasteiger partial charge in [0.1, 0.15) is 5.69 Å². The summed E-state index contributed by atoms with van der Waals surface area (Å²) >= 11 is 1.85. The van der Waals surface area contributed by atoms with Crippen molar-refractivity contribution in [2.75, 3.05) is 29.2 Å². The van der Waals surface area contributed by atoms with Crippen molar-refractivity contribution >= 4 is 29.2 Å². The second-order valence-electron chi connectivity index (χ2n) is 4.37. The van der Waals surface area contributed by atoms with Crippen LogP contribution >= 0.6 is 11.8 Å². The van der Waals surface area contributed by atoms with Crippen molar-refractivity contribution in [3.63, 3.8) is 0 Å². The van der Waals surface area contributed by atoms with Gasteiger partial charge in [0, 0.05) is 13.1 Å². The molecule has 0 radical (unpaired) electrons. The molecule has 0 spiro atoms. The first-order valence-electron chi connectivity index (χ1n) is 6.54. The fourth-order valence-corrected chi connectivity index (χ4v) is 2.52. The van der Waals surface area contributed by atoms with Crippen molar-refractivity contribution in [2.45, 2.75) is 33.2 Å². The van der Waals surface area contributed by atoms with E-state index in [0.29, 0.717) is 11.6 Å². The zero-order valence-corrected chi connectivity index (χ0v) is 13.1. The van der Waals surface area contributed by atoms with Gasteiger partial charge in [-0.25, -0.2) is 4.98 Å². The fourth-order valence-electron chi connectivity index (χ4n) is 1.71. The van der Waals surface area contributed by atoms with Crippen LogP contribution in [0.4, 0.5) is 17.5 Å². The third-order valence-corrected chi connectivity index (χ3v) is 3.68. The summed E-state index contributed by atoms with van der Waals surface area (Å²) in [6.07, 6.45) is 0.924. The summed E-state index contributed by atoms with van der Waals surface area (Å²) < 4.78 is 0. The van der Waals surface area contributed by atoms with Crippen LogP contribution in [0.15, 0.2) is 0 Å². The van der Waals surface area contributed by atoms with Gasteiger partial charge in [-0.1, -0.05) is 6.92 Å². The van der Waals surface area contributed by atoms with Crippen LogP contribution in [0.2, 0.25) is 0 Å². The van der Waals surface area contributed by atoms with E-state index in [9.17, 15) is 10.1 Å². The quantitative estimate of drug-likeness (QED) is 0.433. The van der Waals surface area contributed by atoms with E-state index in [-0.39, 0.29) is 17.5 Å². The number of rotatable bonds is 8. The van der Waals surface area contributed by atoms with Crippen molar-refractivity contribution in [3.05, 3.63) is 15.8 Å². The molecule has 0 bridgehead atoms. The third-order valence-electron chi connectivity index (χ3n) is 2.75. The summed E-state index contributed by atoms with van der Waals surface area (Å²) in [7, 11) is 1.69. The van der Waals surface area contributed by atoms with Crippen molar-refractivity contribution in [2.24, 2.45) is 0 Å². The predicted molar refractivity (Wildman–Crippen MR) is 83.7 cm³/mol. The lowest BCUT2D eigenvalue weighted by Gasteiger charge is -2.15. The summed E-state index contributed by atoms with van der Waals surface area (Å²) in [6, 6.07) is 0.117. The van der Waals surface area contributed by atoms with Gasteiger partial charge in [0.05, 0.1) is 4.92 Å². The Bertz CT molecular complexity index is 469. The highest BCUT2D eigenvalue weighted by atomic mass is 32.2. The number of hydrogen-bond donors (Lipinski definition) is 2. The van der Waals surface area contributed by atoms with Crippen LogP contribution < -0.4 is 10.6 Å². The number of anilines is 2. The normalized spacial score (nSPS) is 12.0. The second-order valence-corrected chi connectivity index (χ2v) is 5.76.